The third-order valence-electron chi connectivity index (χ3n) is 3.12. The molecule has 2 N–H and O–H groups in total. The summed E-state index contributed by atoms with van der Waals surface area (Å²) in [6, 6.07) is 0. The van der Waals surface area contributed by atoms with Gasteiger partial charge in [-0.1, -0.05) is 0 Å². The monoisotopic (exact) mass is 350 g/mol. The van der Waals surface area contributed by atoms with E-state index in [9.17, 15) is 0 Å². The number of quaternary nitrogens is 2. The number of aliphatic hydroxyl groups excluding tert-OH is 2. The molecule has 0 spiro atoms. The van der Waals surface area contributed by atoms with Crippen molar-refractivity contribution in [3.8, 4) is 0 Å². The van der Waals surface area contributed by atoms with Gasteiger partial charge in [0.15, 0.2) is 0 Å². The van der Waals surface area contributed by atoms with Crippen LogP contribution >= 0.6 is 0 Å². The Bertz CT molecular complexity index is 152. The van der Waals surface area contributed by atoms with Gasteiger partial charge in [0.2, 0.25) is 0 Å². The van der Waals surface area contributed by atoms with Gasteiger partial charge >= 0.3 is 0 Å². The van der Waals surface area contributed by atoms with Gasteiger partial charge in [0, 0.05) is 0 Å². The van der Waals surface area contributed by atoms with Crippen molar-refractivity contribution in [3.05, 3.63) is 0 Å². The molecule has 0 rings (SSSR count). The molecule has 0 atom stereocenters. The van der Waals surface area contributed by atoms with E-state index in [1.165, 1.54) is 0 Å². The highest BCUT2D eigenvalue weighted by Crippen LogP contribution is 1.92. The van der Waals surface area contributed by atoms with Crippen LogP contribution in [-0.2, 0) is 0 Å². The average molecular weight is 352 g/mol. The molecule has 0 bridgehead atoms. The van der Waals surface area contributed by atoms with Gasteiger partial charge in [-0.3, -0.25) is 0 Å². The Hall–Kier alpha value is 0.610. The van der Waals surface area contributed by atoms with E-state index < -0.39 is 0 Å². The molecule has 116 valence electrons. The first-order valence-electron chi connectivity index (χ1n) is 6.10. The second-order valence-corrected chi connectivity index (χ2v) is 5.40. The first-order chi connectivity index (χ1) is 7.24. The third kappa shape index (κ3) is 19.0. The quantitative estimate of drug-likeness (QED) is 0.468. The highest BCUT2D eigenvalue weighted by atomic mass is 79.9. The van der Waals surface area contributed by atoms with Crippen LogP contribution in [0, 0.1) is 0 Å². The molecule has 0 fully saturated rings. The maximum absolute atomic E-state index is 8.52. The van der Waals surface area contributed by atoms with Crippen LogP contribution in [0.15, 0.2) is 0 Å². The number of likely N-dealkylation sites (N-methyl/N-ethyl adjacent to an activating group) is 2. The van der Waals surface area contributed by atoms with Crippen LogP contribution in [0.1, 0.15) is 13.8 Å². The molecule has 0 aliphatic carbocycles. The van der Waals surface area contributed by atoms with Crippen LogP contribution in [0.4, 0.5) is 0 Å². The summed E-state index contributed by atoms with van der Waals surface area (Å²) in [7, 11) is 8.43. The van der Waals surface area contributed by atoms with E-state index in [0.29, 0.717) is 13.2 Å². The van der Waals surface area contributed by atoms with Crippen molar-refractivity contribution in [1.29, 1.82) is 0 Å². The molecule has 0 aliphatic heterocycles. The summed E-state index contributed by atoms with van der Waals surface area (Å²) < 4.78 is 1.83. The van der Waals surface area contributed by atoms with Gasteiger partial charge < -0.3 is 48.6 Å². The van der Waals surface area contributed by atoms with Gasteiger partial charge in [-0.25, -0.2) is 0 Å². The molecular formula is C12H32BrClN2O2. The predicted molar refractivity (Wildman–Crippen MR) is 69.2 cm³/mol. The summed E-state index contributed by atoms with van der Waals surface area (Å²) in [6.07, 6.45) is 0. The number of halogens is 2. The van der Waals surface area contributed by atoms with Crippen molar-refractivity contribution >= 4 is 0 Å². The van der Waals surface area contributed by atoms with Gasteiger partial charge in [-0.15, -0.1) is 0 Å². The van der Waals surface area contributed by atoms with Crippen molar-refractivity contribution < 1.29 is 48.6 Å². The second-order valence-electron chi connectivity index (χ2n) is 5.40. The molecule has 0 radical (unpaired) electrons. The molecule has 6 heteroatoms. The standard InChI is InChI=1S/2C6H16NO.BrH.ClH/c2*1-4-7(2,3)5-6-8;;/h2*8H,4-6H2,1-3H3;2*1H/q2*+1;;/p-2. The fourth-order valence-corrected chi connectivity index (χ4v) is 0.858. The number of hydrogen-bond donors (Lipinski definition) is 2. The van der Waals surface area contributed by atoms with Gasteiger partial charge in [-0.05, 0) is 13.8 Å². The molecule has 0 aromatic rings. The molecule has 0 unspecified atom stereocenters. The van der Waals surface area contributed by atoms with Crippen molar-refractivity contribution in [2.24, 2.45) is 0 Å². The fraction of sp³-hybridized carbons (Fsp3) is 1.00. The first kappa shape index (κ1) is 27.0. The largest absolute Gasteiger partial charge is 1.00 e. The zero-order valence-electron chi connectivity index (χ0n) is 12.8. The molecule has 0 aromatic carbocycles. The number of hydrogen-bond acceptors (Lipinski definition) is 2. The van der Waals surface area contributed by atoms with Gasteiger partial charge in [0.1, 0.15) is 13.1 Å². The van der Waals surface area contributed by atoms with Crippen LogP contribution in [0.2, 0.25) is 0 Å². The Morgan fingerprint density at radius 3 is 1.00 bits per heavy atom. The Balaban J connectivity index is -0.0000000980. The summed E-state index contributed by atoms with van der Waals surface area (Å²) >= 11 is 0. The molecular weight excluding hydrogens is 320 g/mol. The normalized spacial score (nSPS) is 10.7. The molecule has 0 saturated carbocycles. The lowest BCUT2D eigenvalue weighted by atomic mass is 10.4. The van der Waals surface area contributed by atoms with E-state index in [2.05, 4.69) is 42.0 Å². The molecule has 0 aliphatic rings. The molecule has 0 amide bonds. The van der Waals surface area contributed by atoms with Gasteiger partial charge in [0.25, 0.3) is 0 Å². The van der Waals surface area contributed by atoms with Crippen molar-refractivity contribution in [1.82, 2.24) is 0 Å². The zero-order chi connectivity index (χ0) is 13.2. The molecule has 4 nitrogen and oxygen atoms in total. The minimum atomic E-state index is 0. The maximum atomic E-state index is 8.52. The number of rotatable bonds is 6. The van der Waals surface area contributed by atoms with Crippen LogP contribution in [-0.4, -0.2) is 86.8 Å². The highest BCUT2D eigenvalue weighted by Gasteiger charge is 2.08. The van der Waals surface area contributed by atoms with Crippen LogP contribution < -0.4 is 29.4 Å². The highest BCUT2D eigenvalue weighted by molar-refractivity contribution is 4.25. The van der Waals surface area contributed by atoms with Gasteiger partial charge in [0.05, 0.1) is 54.5 Å². The van der Waals surface area contributed by atoms with Gasteiger partial charge in [-0.2, -0.15) is 0 Å². The second kappa shape index (κ2) is 14.0. The predicted octanol–water partition coefficient (Wildman–Crippen LogP) is -5.84. The van der Waals surface area contributed by atoms with E-state index in [-0.39, 0.29) is 29.4 Å². The lowest BCUT2D eigenvalue weighted by Crippen LogP contribution is -3.00. The Morgan fingerprint density at radius 1 is 0.722 bits per heavy atom. The smallest absolute Gasteiger partial charge is 0.102 e. The van der Waals surface area contributed by atoms with E-state index >= 15 is 0 Å². The number of nitrogens with zero attached hydrogens (tertiary/aromatic N) is 2. The Kier molecular flexibility index (Phi) is 21.1. The third-order valence-corrected chi connectivity index (χ3v) is 3.12. The molecule has 0 saturated heterocycles. The van der Waals surface area contributed by atoms with Crippen molar-refractivity contribution in [2.75, 3.05) is 67.6 Å². The maximum Gasteiger partial charge on any atom is 0.102 e. The summed E-state index contributed by atoms with van der Waals surface area (Å²) in [6.45, 7) is 8.71. The Labute approximate surface area is 130 Å². The molecule has 18 heavy (non-hydrogen) atoms. The lowest BCUT2D eigenvalue weighted by molar-refractivity contribution is -0.888. The summed E-state index contributed by atoms with van der Waals surface area (Å²) in [4.78, 5) is 0. The summed E-state index contributed by atoms with van der Waals surface area (Å²) in [5.74, 6) is 0. The fourth-order valence-electron chi connectivity index (χ4n) is 0.858. The van der Waals surface area contributed by atoms with Crippen molar-refractivity contribution in [3.63, 3.8) is 0 Å². The van der Waals surface area contributed by atoms with E-state index in [1.807, 2.05) is 0 Å². The minimum absolute atomic E-state index is 0. The molecule has 0 aromatic heterocycles. The van der Waals surface area contributed by atoms with Crippen LogP contribution in [0.25, 0.3) is 0 Å². The van der Waals surface area contributed by atoms with Crippen LogP contribution in [0.5, 0.6) is 0 Å². The SMILES string of the molecule is CC[N+](C)(C)CCO.CC[N+](C)(C)CCO.[Br-].[Cl-]. The topological polar surface area (TPSA) is 40.5 Å². The first-order valence-corrected chi connectivity index (χ1v) is 6.10. The number of aliphatic hydroxyl groups is 2. The summed E-state index contributed by atoms with van der Waals surface area (Å²) in [5, 5.41) is 17.0. The lowest BCUT2D eigenvalue weighted by Gasteiger charge is -2.26. The summed E-state index contributed by atoms with van der Waals surface area (Å²) in [5.41, 5.74) is 0. The van der Waals surface area contributed by atoms with Crippen molar-refractivity contribution in [2.45, 2.75) is 13.8 Å². The molecule has 0 heterocycles. The van der Waals surface area contributed by atoms with E-state index in [4.69, 9.17) is 10.2 Å². The van der Waals surface area contributed by atoms with E-state index in [1.54, 1.807) is 0 Å². The zero-order valence-corrected chi connectivity index (χ0v) is 15.1. The Morgan fingerprint density at radius 2 is 0.944 bits per heavy atom. The average Bonchev–Trinajstić information content (AvgIpc) is 2.19. The van der Waals surface area contributed by atoms with Crippen LogP contribution in [0.3, 0.4) is 0 Å². The minimum Gasteiger partial charge on any atom is -1.00 e. The van der Waals surface area contributed by atoms with E-state index in [0.717, 1.165) is 35.1 Å².